The molecule has 1 unspecified atom stereocenters. The van der Waals surface area contributed by atoms with E-state index in [1.807, 2.05) is 0 Å². The van der Waals surface area contributed by atoms with Crippen LogP contribution in [0.1, 0.15) is 34.7 Å². The number of nitrogens with zero attached hydrogens (tertiary/aromatic N) is 2. The summed E-state index contributed by atoms with van der Waals surface area (Å²) in [6.07, 6.45) is -2.64. The van der Waals surface area contributed by atoms with Crippen molar-refractivity contribution in [1.82, 2.24) is 9.88 Å². The van der Waals surface area contributed by atoms with Crippen LogP contribution < -0.4 is 0 Å². The second kappa shape index (κ2) is 6.37. The van der Waals surface area contributed by atoms with E-state index in [0.717, 1.165) is 25.0 Å². The summed E-state index contributed by atoms with van der Waals surface area (Å²) in [6, 6.07) is 4.73. The molecule has 1 atom stereocenters. The zero-order valence-corrected chi connectivity index (χ0v) is 14.8. The van der Waals surface area contributed by atoms with Gasteiger partial charge < -0.3 is 14.1 Å². The Hall–Kier alpha value is -2.35. The number of aryl methyl sites for hydroxylation is 1. The Labute approximate surface area is 154 Å². The van der Waals surface area contributed by atoms with Crippen LogP contribution in [0.2, 0.25) is 0 Å². The topological polar surface area (TPSA) is 55.6 Å². The van der Waals surface area contributed by atoms with E-state index in [1.165, 1.54) is 12.1 Å². The highest BCUT2D eigenvalue weighted by molar-refractivity contribution is 5.94. The van der Waals surface area contributed by atoms with Crippen molar-refractivity contribution in [3.8, 4) is 11.5 Å². The van der Waals surface area contributed by atoms with Gasteiger partial charge in [-0.15, -0.1) is 0 Å². The maximum atomic E-state index is 12.9. The Morgan fingerprint density at radius 1 is 1.30 bits per heavy atom. The fourth-order valence-corrected chi connectivity index (χ4v) is 3.78. The molecule has 1 aromatic carbocycles. The number of aromatic nitrogens is 1. The number of oxazole rings is 1. The Bertz CT molecular complexity index is 869. The predicted octanol–water partition coefficient (Wildman–Crippen LogP) is 3.92. The van der Waals surface area contributed by atoms with Gasteiger partial charge in [-0.2, -0.15) is 13.2 Å². The zero-order chi connectivity index (χ0) is 19.2. The average molecular weight is 380 g/mol. The van der Waals surface area contributed by atoms with E-state index < -0.39 is 11.7 Å². The molecular formula is C19H19F3N2O3. The molecule has 2 saturated heterocycles. The third-order valence-corrected chi connectivity index (χ3v) is 5.35. The smallest absolute Gasteiger partial charge is 0.416 e. The highest BCUT2D eigenvalue weighted by atomic mass is 19.4. The summed E-state index contributed by atoms with van der Waals surface area (Å²) >= 11 is 0. The Kier molecular flexibility index (Phi) is 4.25. The molecule has 2 aliphatic rings. The van der Waals surface area contributed by atoms with Crippen LogP contribution in [0.4, 0.5) is 13.2 Å². The lowest BCUT2D eigenvalue weighted by Gasteiger charge is -2.21. The average Bonchev–Trinajstić information content (AvgIpc) is 3.35. The number of ether oxygens (including phenoxy) is 1. The van der Waals surface area contributed by atoms with E-state index >= 15 is 0 Å². The van der Waals surface area contributed by atoms with Crippen molar-refractivity contribution < 1.29 is 27.1 Å². The molecule has 0 aliphatic carbocycles. The van der Waals surface area contributed by atoms with Crippen molar-refractivity contribution in [2.75, 3.05) is 26.3 Å². The zero-order valence-electron chi connectivity index (χ0n) is 14.8. The van der Waals surface area contributed by atoms with Gasteiger partial charge >= 0.3 is 6.18 Å². The van der Waals surface area contributed by atoms with Crippen molar-refractivity contribution in [2.45, 2.75) is 25.9 Å². The fourth-order valence-electron chi connectivity index (χ4n) is 3.78. The molecule has 4 rings (SSSR count). The highest BCUT2D eigenvalue weighted by Crippen LogP contribution is 2.39. The Morgan fingerprint density at radius 3 is 2.81 bits per heavy atom. The van der Waals surface area contributed by atoms with Gasteiger partial charge in [0.25, 0.3) is 5.91 Å². The number of hydrogen-bond donors (Lipinski definition) is 0. The van der Waals surface area contributed by atoms with Gasteiger partial charge in [0, 0.05) is 30.7 Å². The predicted molar refractivity (Wildman–Crippen MR) is 90.1 cm³/mol. The van der Waals surface area contributed by atoms with Crippen LogP contribution in [-0.4, -0.2) is 42.1 Å². The second-order valence-electron chi connectivity index (χ2n) is 7.28. The molecule has 8 heteroatoms. The van der Waals surface area contributed by atoms with E-state index in [-0.39, 0.29) is 28.5 Å². The molecule has 5 nitrogen and oxygen atoms in total. The number of amides is 1. The molecule has 1 amide bonds. The van der Waals surface area contributed by atoms with Crippen LogP contribution >= 0.6 is 0 Å². The quantitative estimate of drug-likeness (QED) is 0.792. The summed E-state index contributed by atoms with van der Waals surface area (Å²) in [5.41, 5.74) is -0.421. The van der Waals surface area contributed by atoms with Gasteiger partial charge in [0.2, 0.25) is 5.89 Å². The van der Waals surface area contributed by atoms with Crippen molar-refractivity contribution >= 4 is 5.91 Å². The lowest BCUT2D eigenvalue weighted by Crippen LogP contribution is -2.33. The monoisotopic (exact) mass is 380 g/mol. The van der Waals surface area contributed by atoms with Gasteiger partial charge in [-0.3, -0.25) is 4.79 Å². The number of rotatable bonds is 2. The Balaban J connectivity index is 1.58. The first-order valence-electron chi connectivity index (χ1n) is 8.80. The Morgan fingerprint density at radius 2 is 2.11 bits per heavy atom. The van der Waals surface area contributed by atoms with Crippen molar-refractivity contribution in [1.29, 1.82) is 0 Å². The van der Waals surface area contributed by atoms with Crippen molar-refractivity contribution in [3.05, 3.63) is 41.3 Å². The summed E-state index contributed by atoms with van der Waals surface area (Å²) in [4.78, 5) is 18.8. The van der Waals surface area contributed by atoms with Gasteiger partial charge in [0.05, 0.1) is 12.2 Å². The van der Waals surface area contributed by atoms with E-state index in [9.17, 15) is 18.0 Å². The first kappa shape index (κ1) is 18.0. The molecule has 0 bridgehead atoms. The van der Waals surface area contributed by atoms with Gasteiger partial charge in [-0.05, 0) is 38.0 Å². The van der Waals surface area contributed by atoms with Crippen molar-refractivity contribution in [3.63, 3.8) is 0 Å². The minimum atomic E-state index is -4.45. The summed E-state index contributed by atoms with van der Waals surface area (Å²) in [7, 11) is 0. The van der Waals surface area contributed by atoms with E-state index in [4.69, 9.17) is 9.15 Å². The normalized spacial score (nSPS) is 22.7. The molecule has 1 aromatic heterocycles. The van der Waals surface area contributed by atoms with E-state index in [0.29, 0.717) is 32.1 Å². The number of benzene rings is 1. The summed E-state index contributed by atoms with van der Waals surface area (Å²) in [5.74, 6) is 0.0642. The van der Waals surface area contributed by atoms with Gasteiger partial charge in [-0.25, -0.2) is 4.98 Å². The summed E-state index contributed by atoms with van der Waals surface area (Å²) in [5, 5.41) is 0. The fraction of sp³-hybridized carbons (Fsp3) is 0.474. The number of carbonyl (C=O) groups excluding carboxylic acids is 1. The second-order valence-corrected chi connectivity index (χ2v) is 7.28. The first-order valence-corrected chi connectivity index (χ1v) is 8.80. The van der Waals surface area contributed by atoms with Crippen LogP contribution in [0, 0.1) is 12.3 Å². The third kappa shape index (κ3) is 3.34. The van der Waals surface area contributed by atoms with Crippen LogP contribution in [-0.2, 0) is 10.9 Å². The van der Waals surface area contributed by atoms with Crippen LogP contribution in [0.5, 0.6) is 0 Å². The number of carbonyl (C=O) groups is 1. The largest absolute Gasteiger partial charge is 0.441 e. The van der Waals surface area contributed by atoms with Gasteiger partial charge in [-0.1, -0.05) is 6.07 Å². The number of alkyl halides is 3. The van der Waals surface area contributed by atoms with Crippen LogP contribution in [0.25, 0.3) is 11.5 Å². The molecule has 144 valence electrons. The van der Waals surface area contributed by atoms with Crippen LogP contribution in [0.15, 0.2) is 28.7 Å². The molecule has 2 aliphatic heterocycles. The number of likely N-dealkylation sites (tertiary alicyclic amines) is 1. The molecule has 0 saturated carbocycles. The lowest BCUT2D eigenvalue weighted by atomic mass is 9.87. The highest BCUT2D eigenvalue weighted by Gasteiger charge is 2.43. The molecule has 2 aromatic rings. The van der Waals surface area contributed by atoms with Crippen molar-refractivity contribution in [2.24, 2.45) is 5.41 Å². The summed E-state index contributed by atoms with van der Waals surface area (Å²) < 4.78 is 49.8. The van der Waals surface area contributed by atoms with Gasteiger partial charge in [0.1, 0.15) is 5.76 Å². The maximum Gasteiger partial charge on any atom is 0.416 e. The molecular weight excluding hydrogens is 361 g/mol. The molecule has 27 heavy (non-hydrogen) atoms. The minimum Gasteiger partial charge on any atom is -0.441 e. The number of hydrogen-bond acceptors (Lipinski definition) is 4. The SMILES string of the molecule is Cc1oc(-c2cccc(C(F)(F)F)c2)nc1C(=O)N1CCC2(CCOC2)C1. The van der Waals surface area contributed by atoms with E-state index in [2.05, 4.69) is 4.98 Å². The lowest BCUT2D eigenvalue weighted by molar-refractivity contribution is -0.137. The third-order valence-electron chi connectivity index (χ3n) is 5.35. The minimum absolute atomic E-state index is 0.0139. The molecule has 2 fully saturated rings. The molecule has 0 radical (unpaired) electrons. The van der Waals surface area contributed by atoms with Crippen LogP contribution in [0.3, 0.4) is 0 Å². The standard InChI is InChI=1S/C19H19F3N2O3/c1-12-15(17(25)24-7-5-18(10-24)6-8-26-11-18)23-16(27-12)13-3-2-4-14(9-13)19(20,21)22/h2-4,9H,5-8,10-11H2,1H3. The molecule has 1 spiro atoms. The first-order chi connectivity index (χ1) is 12.8. The molecule has 0 N–H and O–H groups in total. The van der Waals surface area contributed by atoms with Gasteiger partial charge in [0.15, 0.2) is 5.69 Å². The maximum absolute atomic E-state index is 12.9. The van der Waals surface area contributed by atoms with E-state index in [1.54, 1.807) is 11.8 Å². The molecule has 3 heterocycles. The summed E-state index contributed by atoms with van der Waals surface area (Å²) in [6.45, 7) is 4.20. The number of halogens is 3.